The molecular weight excluding hydrogens is 422 g/mol. The molecule has 0 bridgehead atoms. The molecule has 1 heterocycles. The average molecular weight is 454 g/mol. The van der Waals surface area contributed by atoms with Crippen LogP contribution in [-0.4, -0.2) is 53.9 Å². The normalized spacial score (nSPS) is 18.8. The van der Waals surface area contributed by atoms with Gasteiger partial charge >= 0.3 is 11.0 Å². The van der Waals surface area contributed by atoms with Crippen molar-refractivity contribution in [1.82, 2.24) is 4.90 Å². The molecule has 2 rings (SSSR count). The number of rotatable bonds is 6. The van der Waals surface area contributed by atoms with Crippen LogP contribution in [0.3, 0.4) is 0 Å². The highest BCUT2D eigenvalue weighted by Crippen LogP contribution is 2.37. The zero-order valence-electron chi connectivity index (χ0n) is 18.7. The smallest absolute Gasteiger partial charge is 0.415 e. The summed E-state index contributed by atoms with van der Waals surface area (Å²) in [5.74, 6) is -0.0642. The molecule has 1 aliphatic rings. The molecule has 1 aromatic rings. The maximum absolute atomic E-state index is 13.1. The van der Waals surface area contributed by atoms with Crippen molar-refractivity contribution >= 4 is 31.3 Å². The Kier molecular flexibility index (Phi) is 7.89. The number of hydrogen-bond donors (Lipinski definition) is 0. The molecule has 0 spiro atoms. The second-order valence-corrected chi connectivity index (χ2v) is 14.6. The van der Waals surface area contributed by atoms with E-state index in [1.807, 2.05) is 6.07 Å². The summed E-state index contributed by atoms with van der Waals surface area (Å²) in [6.07, 6.45) is 0. The molecule has 1 saturated heterocycles. The molecule has 0 unspecified atom stereocenters. The van der Waals surface area contributed by atoms with E-state index in [0.717, 1.165) is 0 Å². The van der Waals surface area contributed by atoms with Crippen LogP contribution in [0.2, 0.25) is 18.1 Å². The van der Waals surface area contributed by atoms with Crippen LogP contribution < -0.4 is 4.89 Å². The van der Waals surface area contributed by atoms with Gasteiger partial charge < -0.3 is 19.6 Å². The van der Waals surface area contributed by atoms with E-state index in [4.69, 9.17) is 18.4 Å². The molecule has 1 aliphatic heterocycles. The number of carbonyl (C=O) groups excluding carboxylic acids is 1. The third-order valence-electron chi connectivity index (χ3n) is 5.50. The minimum atomic E-state index is -2.00. The highest BCUT2D eigenvalue weighted by Gasteiger charge is 2.49. The van der Waals surface area contributed by atoms with E-state index in [0.29, 0.717) is 31.0 Å². The van der Waals surface area contributed by atoms with E-state index in [-0.39, 0.29) is 16.1 Å². The Labute approximate surface area is 183 Å². The Hall–Kier alpha value is -1.68. The van der Waals surface area contributed by atoms with Crippen molar-refractivity contribution in [2.24, 2.45) is 0 Å². The van der Waals surface area contributed by atoms with Gasteiger partial charge in [0.05, 0.1) is 19.3 Å². The van der Waals surface area contributed by atoms with Gasteiger partial charge in [-0.15, -0.1) is 4.33 Å². The van der Waals surface area contributed by atoms with Crippen LogP contribution in [0.25, 0.3) is 5.53 Å². The Morgan fingerprint density at radius 2 is 1.97 bits per heavy atom. The summed E-state index contributed by atoms with van der Waals surface area (Å²) >= 11 is 0.541. The lowest BCUT2D eigenvalue weighted by molar-refractivity contribution is -0.143. The van der Waals surface area contributed by atoms with Gasteiger partial charge in [0.25, 0.3) is 0 Å². The lowest BCUT2D eigenvalue weighted by Crippen LogP contribution is -2.53. The molecule has 8 nitrogen and oxygen atoms in total. The van der Waals surface area contributed by atoms with Crippen LogP contribution >= 0.6 is 12.0 Å². The molecule has 0 N–H and O–H groups in total. The maximum Gasteiger partial charge on any atom is 0.444 e. The largest absolute Gasteiger partial charge is 0.444 e. The van der Waals surface area contributed by atoms with E-state index in [2.05, 4.69) is 38.7 Å². The highest BCUT2D eigenvalue weighted by molar-refractivity contribution is 8.11. The molecule has 0 radical (unpaired) electrons. The number of nitrogens with zero attached hydrogens (tertiary/aromatic N) is 3. The van der Waals surface area contributed by atoms with Gasteiger partial charge in [-0.1, -0.05) is 39.0 Å². The SMILES string of the molecule is CC1(C)OC[C@@H](CO[Si](C)(C)C(C)(C)C)N1C(=O)C(=[N+]=[N-])SOOc1ccccc1. The Bertz CT molecular complexity index is 791. The van der Waals surface area contributed by atoms with Crippen molar-refractivity contribution in [3.63, 3.8) is 0 Å². The molecule has 166 valence electrons. The fourth-order valence-electron chi connectivity index (χ4n) is 2.70. The Morgan fingerprint density at radius 3 is 2.53 bits per heavy atom. The van der Waals surface area contributed by atoms with Crippen LogP contribution in [0.4, 0.5) is 0 Å². The molecule has 10 heteroatoms. The Balaban J connectivity index is 2.06. The lowest BCUT2D eigenvalue weighted by Gasteiger charge is -2.38. The van der Waals surface area contributed by atoms with E-state index in [9.17, 15) is 10.3 Å². The number of ether oxygens (including phenoxy) is 1. The monoisotopic (exact) mass is 453 g/mol. The predicted octanol–water partition coefficient (Wildman–Crippen LogP) is 4.26. The number of benzene rings is 1. The Morgan fingerprint density at radius 1 is 1.33 bits per heavy atom. The third-order valence-corrected chi connectivity index (χ3v) is 10.5. The van der Waals surface area contributed by atoms with Gasteiger partial charge in [-0.25, -0.2) is 0 Å². The van der Waals surface area contributed by atoms with Crippen molar-refractivity contribution in [1.29, 1.82) is 0 Å². The van der Waals surface area contributed by atoms with E-state index in [1.54, 1.807) is 38.1 Å². The first-order valence-electron chi connectivity index (χ1n) is 9.79. The summed E-state index contributed by atoms with van der Waals surface area (Å²) in [5.41, 5.74) is 8.52. The summed E-state index contributed by atoms with van der Waals surface area (Å²) in [7, 11) is -2.00. The second kappa shape index (κ2) is 9.63. The van der Waals surface area contributed by atoms with Crippen LogP contribution in [0, 0.1) is 0 Å². The molecule has 0 saturated carbocycles. The fraction of sp³-hybridized carbons (Fsp3) is 0.600. The third kappa shape index (κ3) is 5.93. The molecule has 1 amide bonds. The van der Waals surface area contributed by atoms with Crippen LogP contribution in [-0.2, 0) is 18.3 Å². The van der Waals surface area contributed by atoms with Gasteiger partial charge in [0, 0.05) is 0 Å². The van der Waals surface area contributed by atoms with Crippen molar-refractivity contribution in [2.45, 2.75) is 64.5 Å². The van der Waals surface area contributed by atoms with Gasteiger partial charge in [-0.05, 0) is 44.1 Å². The number of amides is 1. The zero-order chi connectivity index (χ0) is 22.6. The van der Waals surface area contributed by atoms with Gasteiger partial charge in [0.1, 0.15) is 5.72 Å². The lowest BCUT2D eigenvalue weighted by atomic mass is 10.2. The first-order chi connectivity index (χ1) is 13.9. The summed E-state index contributed by atoms with van der Waals surface area (Å²) in [6, 6.07) is 8.49. The standard InChI is InChI=1S/C20H31N3O5SSi/c1-19(2,3)30(6,7)26-14-15-13-25-20(4,5)23(15)18(24)17(22-21)29-28-27-16-11-9-8-10-12-16/h8-12,15H,13-14H2,1-7H3/t15-/m0/s1. The van der Waals surface area contributed by atoms with Crippen molar-refractivity contribution < 1.29 is 28.0 Å². The topological polar surface area (TPSA) is 93.6 Å². The quantitative estimate of drug-likeness (QED) is 0.0934. The first-order valence-corrected chi connectivity index (χ1v) is 13.4. The number of para-hydroxylation sites is 1. The average Bonchev–Trinajstić information content (AvgIpc) is 2.97. The predicted molar refractivity (Wildman–Crippen MR) is 118 cm³/mol. The van der Waals surface area contributed by atoms with Crippen LogP contribution in [0.1, 0.15) is 34.6 Å². The fourth-order valence-corrected chi connectivity index (χ4v) is 4.12. The maximum atomic E-state index is 13.1. The summed E-state index contributed by atoms with van der Waals surface area (Å²) in [5, 5.41) is -0.214. The zero-order valence-corrected chi connectivity index (χ0v) is 20.5. The van der Waals surface area contributed by atoms with Gasteiger partial charge in [-0.2, -0.15) is 4.79 Å². The molecule has 1 aromatic carbocycles. The van der Waals surface area contributed by atoms with Crippen molar-refractivity contribution in [3.05, 3.63) is 35.9 Å². The second-order valence-electron chi connectivity index (χ2n) is 9.11. The first kappa shape index (κ1) is 24.6. The molecule has 1 fully saturated rings. The van der Waals surface area contributed by atoms with E-state index >= 15 is 0 Å². The minimum Gasteiger partial charge on any atom is -0.415 e. The van der Waals surface area contributed by atoms with E-state index < -0.39 is 19.9 Å². The van der Waals surface area contributed by atoms with Gasteiger partial charge in [0.2, 0.25) is 0 Å². The molecule has 1 atom stereocenters. The molecule has 0 aliphatic carbocycles. The van der Waals surface area contributed by atoms with E-state index in [1.165, 1.54) is 4.90 Å². The van der Waals surface area contributed by atoms with Gasteiger partial charge in [0.15, 0.2) is 26.1 Å². The van der Waals surface area contributed by atoms with Crippen molar-refractivity contribution in [2.75, 3.05) is 13.2 Å². The van der Waals surface area contributed by atoms with Crippen molar-refractivity contribution in [3.8, 4) is 5.75 Å². The number of carbonyl (C=O) groups is 1. The number of hydrogen-bond acceptors (Lipinski definition) is 6. The van der Waals surface area contributed by atoms with Crippen LogP contribution in [0.5, 0.6) is 5.75 Å². The summed E-state index contributed by atoms with van der Waals surface area (Å²) in [6.45, 7) is 15.1. The van der Waals surface area contributed by atoms with Gasteiger partial charge in [-0.3, -0.25) is 9.69 Å². The van der Waals surface area contributed by atoms with Crippen LogP contribution in [0.15, 0.2) is 30.3 Å². The highest BCUT2D eigenvalue weighted by atomic mass is 32.2. The summed E-state index contributed by atoms with van der Waals surface area (Å²) in [4.78, 5) is 22.9. The summed E-state index contributed by atoms with van der Waals surface area (Å²) < 4.78 is 17.2. The molecule has 30 heavy (non-hydrogen) atoms. The minimum absolute atomic E-state index is 0.0486. The molecular formula is C20H31N3O5SSi. The molecule has 0 aromatic heterocycles.